The molecule has 0 unspecified atom stereocenters. The van der Waals surface area contributed by atoms with E-state index in [0.717, 1.165) is 15.4 Å². The van der Waals surface area contributed by atoms with Gasteiger partial charge in [-0.25, -0.2) is 14.6 Å². The van der Waals surface area contributed by atoms with E-state index in [4.69, 9.17) is 4.74 Å². The Kier molecular flexibility index (Phi) is 6.87. The standard InChI is InChI=1S/C32H26N2O4/c1-22-17-18-24(19-23(22)2)21-38-29-16-10-9-11-25(29)20-28-30(35)33(26-12-5-3-6-13-26)32(37)34(31(28)36)27-14-7-4-8-15-27/h3-20H,21H2,1-2H3. The number of imide groups is 2. The number of amides is 4. The summed E-state index contributed by atoms with van der Waals surface area (Å²) in [5, 5.41) is 0. The van der Waals surface area contributed by atoms with Crippen molar-refractivity contribution in [1.29, 1.82) is 0 Å². The van der Waals surface area contributed by atoms with E-state index in [9.17, 15) is 14.4 Å². The Morgan fingerprint density at radius 2 is 1.21 bits per heavy atom. The topological polar surface area (TPSA) is 66.9 Å². The first-order valence-electron chi connectivity index (χ1n) is 12.3. The Labute approximate surface area is 221 Å². The highest BCUT2D eigenvalue weighted by Gasteiger charge is 2.43. The summed E-state index contributed by atoms with van der Waals surface area (Å²) in [6.45, 7) is 4.44. The van der Waals surface area contributed by atoms with Crippen LogP contribution < -0.4 is 14.5 Å². The summed E-state index contributed by atoms with van der Waals surface area (Å²) in [6.07, 6.45) is 1.50. The smallest absolute Gasteiger partial charge is 0.343 e. The Bertz CT molecular complexity index is 1480. The number of anilines is 2. The first-order chi connectivity index (χ1) is 18.4. The maximum Gasteiger partial charge on any atom is 0.343 e. The summed E-state index contributed by atoms with van der Waals surface area (Å²) in [5.74, 6) is -0.863. The Balaban J connectivity index is 1.54. The molecule has 0 bridgehead atoms. The van der Waals surface area contributed by atoms with Crippen molar-refractivity contribution in [3.63, 3.8) is 0 Å². The van der Waals surface area contributed by atoms with Crippen molar-refractivity contribution in [3.8, 4) is 5.75 Å². The zero-order chi connectivity index (χ0) is 26.6. The van der Waals surface area contributed by atoms with E-state index in [1.165, 1.54) is 17.2 Å². The maximum atomic E-state index is 13.6. The second kappa shape index (κ2) is 10.6. The molecule has 188 valence electrons. The summed E-state index contributed by atoms with van der Waals surface area (Å²) in [5.41, 5.74) is 4.56. The minimum Gasteiger partial charge on any atom is -0.488 e. The van der Waals surface area contributed by atoms with Crippen LogP contribution in [0, 0.1) is 13.8 Å². The fourth-order valence-electron chi connectivity index (χ4n) is 4.28. The van der Waals surface area contributed by atoms with Crippen molar-refractivity contribution in [2.45, 2.75) is 20.5 Å². The molecule has 1 fully saturated rings. The number of benzene rings is 4. The van der Waals surface area contributed by atoms with Gasteiger partial charge in [0, 0.05) is 5.56 Å². The lowest BCUT2D eigenvalue weighted by Crippen LogP contribution is -2.57. The lowest BCUT2D eigenvalue weighted by atomic mass is 10.0. The second-order valence-electron chi connectivity index (χ2n) is 9.04. The zero-order valence-electron chi connectivity index (χ0n) is 21.1. The highest BCUT2D eigenvalue weighted by Crippen LogP contribution is 2.31. The van der Waals surface area contributed by atoms with E-state index in [0.29, 0.717) is 29.3 Å². The summed E-state index contributed by atoms with van der Waals surface area (Å²) >= 11 is 0. The van der Waals surface area contributed by atoms with Gasteiger partial charge < -0.3 is 4.74 Å². The van der Waals surface area contributed by atoms with Gasteiger partial charge in [0.2, 0.25) is 0 Å². The van der Waals surface area contributed by atoms with E-state index < -0.39 is 17.8 Å². The molecule has 4 amide bonds. The van der Waals surface area contributed by atoms with Crippen molar-refractivity contribution < 1.29 is 19.1 Å². The number of hydrogen-bond acceptors (Lipinski definition) is 4. The van der Waals surface area contributed by atoms with Gasteiger partial charge in [-0.2, -0.15) is 0 Å². The molecular formula is C32H26N2O4. The lowest BCUT2D eigenvalue weighted by Gasteiger charge is -2.34. The summed E-state index contributed by atoms with van der Waals surface area (Å²) < 4.78 is 6.11. The first-order valence-corrected chi connectivity index (χ1v) is 12.3. The van der Waals surface area contributed by atoms with Crippen molar-refractivity contribution in [2.24, 2.45) is 0 Å². The number of aryl methyl sites for hydroxylation is 2. The van der Waals surface area contributed by atoms with Gasteiger partial charge in [-0.15, -0.1) is 0 Å². The number of barbiturate groups is 1. The van der Waals surface area contributed by atoms with E-state index in [2.05, 4.69) is 26.0 Å². The van der Waals surface area contributed by atoms with E-state index in [1.54, 1.807) is 72.8 Å². The molecule has 0 atom stereocenters. The maximum absolute atomic E-state index is 13.6. The molecule has 1 aliphatic rings. The molecule has 6 heteroatoms. The molecule has 0 radical (unpaired) electrons. The molecule has 0 aromatic heterocycles. The molecule has 38 heavy (non-hydrogen) atoms. The number of carbonyl (C=O) groups excluding carboxylic acids is 3. The first kappa shape index (κ1) is 24.7. The number of rotatable bonds is 6. The van der Waals surface area contributed by atoms with Crippen LogP contribution in [0.15, 0.2) is 109 Å². The van der Waals surface area contributed by atoms with Crippen molar-refractivity contribution in [2.75, 3.05) is 9.80 Å². The molecule has 6 nitrogen and oxygen atoms in total. The van der Waals surface area contributed by atoms with Crippen LogP contribution in [0.2, 0.25) is 0 Å². The Morgan fingerprint density at radius 3 is 1.79 bits per heavy atom. The van der Waals surface area contributed by atoms with Gasteiger partial charge in [0.15, 0.2) is 0 Å². The molecule has 0 spiro atoms. The van der Waals surface area contributed by atoms with Crippen LogP contribution in [0.5, 0.6) is 5.75 Å². The quantitative estimate of drug-likeness (QED) is 0.224. The van der Waals surface area contributed by atoms with Crippen LogP contribution in [0.4, 0.5) is 16.2 Å². The number of nitrogens with zero attached hydrogens (tertiary/aromatic N) is 2. The second-order valence-corrected chi connectivity index (χ2v) is 9.04. The number of urea groups is 1. The van der Waals surface area contributed by atoms with Gasteiger partial charge in [-0.1, -0.05) is 72.8 Å². The van der Waals surface area contributed by atoms with Crippen LogP contribution >= 0.6 is 0 Å². The average molecular weight is 503 g/mol. The predicted octanol–water partition coefficient (Wildman–Crippen LogP) is 6.47. The molecule has 0 N–H and O–H groups in total. The summed E-state index contributed by atoms with van der Waals surface area (Å²) in [7, 11) is 0. The zero-order valence-corrected chi connectivity index (χ0v) is 21.1. The largest absolute Gasteiger partial charge is 0.488 e. The van der Waals surface area contributed by atoms with E-state index in [-0.39, 0.29) is 5.57 Å². The minimum atomic E-state index is -0.728. The van der Waals surface area contributed by atoms with Crippen LogP contribution in [0.25, 0.3) is 6.08 Å². The SMILES string of the molecule is Cc1ccc(COc2ccccc2C=C2C(=O)N(c3ccccc3)C(=O)N(c3ccccc3)C2=O)cc1C. The number of ether oxygens (including phenoxy) is 1. The fraction of sp³-hybridized carbons (Fsp3) is 0.0938. The molecule has 1 aliphatic heterocycles. The number of para-hydroxylation sites is 3. The highest BCUT2D eigenvalue weighted by molar-refractivity contribution is 6.46. The van der Waals surface area contributed by atoms with Crippen molar-refractivity contribution >= 4 is 35.3 Å². The van der Waals surface area contributed by atoms with Gasteiger partial charge in [0.05, 0.1) is 11.4 Å². The molecular weight excluding hydrogens is 476 g/mol. The number of hydrogen-bond donors (Lipinski definition) is 0. The molecule has 4 aromatic rings. The van der Waals surface area contributed by atoms with E-state index >= 15 is 0 Å². The van der Waals surface area contributed by atoms with Gasteiger partial charge in [0.25, 0.3) is 11.8 Å². The minimum absolute atomic E-state index is 0.139. The monoisotopic (exact) mass is 502 g/mol. The number of carbonyl (C=O) groups is 3. The normalized spacial score (nSPS) is 13.6. The third kappa shape index (κ3) is 4.84. The van der Waals surface area contributed by atoms with Crippen LogP contribution in [-0.4, -0.2) is 17.8 Å². The van der Waals surface area contributed by atoms with Crippen LogP contribution in [0.3, 0.4) is 0 Å². The third-order valence-electron chi connectivity index (χ3n) is 6.46. The summed E-state index contributed by atoms with van der Waals surface area (Å²) in [4.78, 5) is 42.8. The molecule has 1 saturated heterocycles. The highest BCUT2D eigenvalue weighted by atomic mass is 16.5. The van der Waals surface area contributed by atoms with Gasteiger partial charge in [-0.05, 0) is 66.9 Å². The fourth-order valence-corrected chi connectivity index (χ4v) is 4.28. The summed E-state index contributed by atoms with van der Waals surface area (Å²) in [6, 6.07) is 29.8. The predicted molar refractivity (Wildman–Crippen MR) is 148 cm³/mol. The molecule has 4 aromatic carbocycles. The van der Waals surface area contributed by atoms with Gasteiger partial charge in [-0.3, -0.25) is 9.59 Å². The van der Waals surface area contributed by atoms with E-state index in [1.807, 2.05) is 18.2 Å². The molecule has 0 saturated carbocycles. The Morgan fingerprint density at radius 1 is 0.658 bits per heavy atom. The van der Waals surface area contributed by atoms with Crippen molar-refractivity contribution in [3.05, 3.63) is 131 Å². The van der Waals surface area contributed by atoms with Crippen molar-refractivity contribution in [1.82, 2.24) is 0 Å². The molecule has 5 rings (SSSR count). The van der Waals surface area contributed by atoms with Crippen LogP contribution in [-0.2, 0) is 16.2 Å². The van der Waals surface area contributed by atoms with Crippen LogP contribution in [0.1, 0.15) is 22.3 Å². The lowest BCUT2D eigenvalue weighted by molar-refractivity contribution is -0.121. The van der Waals surface area contributed by atoms with Gasteiger partial charge >= 0.3 is 6.03 Å². The molecule has 0 aliphatic carbocycles. The average Bonchev–Trinajstić information content (AvgIpc) is 2.93. The van der Waals surface area contributed by atoms with Gasteiger partial charge in [0.1, 0.15) is 17.9 Å². The third-order valence-corrected chi connectivity index (χ3v) is 6.46. The Hall–Kier alpha value is -4.97. The molecule has 1 heterocycles.